The summed E-state index contributed by atoms with van der Waals surface area (Å²) in [7, 11) is 0. The van der Waals surface area contributed by atoms with Gasteiger partial charge in [-0.25, -0.2) is 4.98 Å². The molecule has 0 fully saturated rings. The van der Waals surface area contributed by atoms with E-state index in [2.05, 4.69) is 15.1 Å². The molecule has 4 rings (SSSR count). The fourth-order valence-electron chi connectivity index (χ4n) is 2.01. The van der Waals surface area contributed by atoms with Gasteiger partial charge in [-0.1, -0.05) is 29.1 Å². The standard InChI is InChI=1S/C15H11N3O3S/c1-9(14-17-13(18-21-14)12-7-4-8-19-12)22-15-16-10-5-2-3-6-11(10)20-15/h2-9H,1H3/t9-/m0/s1. The van der Waals surface area contributed by atoms with Crippen molar-refractivity contribution in [3.8, 4) is 11.6 Å². The third kappa shape index (κ3) is 2.39. The van der Waals surface area contributed by atoms with Crippen LogP contribution in [0.4, 0.5) is 0 Å². The Balaban J connectivity index is 1.55. The van der Waals surface area contributed by atoms with Crippen LogP contribution in [-0.4, -0.2) is 15.1 Å². The first kappa shape index (κ1) is 13.1. The number of rotatable bonds is 4. The topological polar surface area (TPSA) is 78.1 Å². The van der Waals surface area contributed by atoms with Gasteiger partial charge >= 0.3 is 0 Å². The van der Waals surface area contributed by atoms with Gasteiger partial charge in [0, 0.05) is 0 Å². The number of benzene rings is 1. The van der Waals surface area contributed by atoms with E-state index in [1.54, 1.807) is 18.4 Å². The van der Waals surface area contributed by atoms with Crippen LogP contribution in [0.3, 0.4) is 0 Å². The van der Waals surface area contributed by atoms with Crippen molar-refractivity contribution in [3.63, 3.8) is 0 Å². The summed E-state index contributed by atoms with van der Waals surface area (Å²) in [6.45, 7) is 1.96. The van der Waals surface area contributed by atoms with E-state index in [-0.39, 0.29) is 5.25 Å². The molecule has 4 aromatic rings. The van der Waals surface area contributed by atoms with E-state index in [1.165, 1.54) is 11.8 Å². The first-order chi connectivity index (χ1) is 10.8. The molecule has 0 aliphatic carbocycles. The van der Waals surface area contributed by atoms with Crippen LogP contribution in [0.25, 0.3) is 22.7 Å². The normalized spacial score (nSPS) is 12.8. The molecule has 0 aliphatic rings. The minimum absolute atomic E-state index is 0.0794. The number of thioether (sulfide) groups is 1. The summed E-state index contributed by atoms with van der Waals surface area (Å²) in [5.74, 6) is 1.51. The molecular formula is C15H11N3O3S. The van der Waals surface area contributed by atoms with Crippen LogP contribution in [0.15, 0.2) is 61.2 Å². The first-order valence-corrected chi connectivity index (χ1v) is 7.57. The number of hydrogen-bond donors (Lipinski definition) is 0. The van der Waals surface area contributed by atoms with Crippen molar-refractivity contribution in [1.82, 2.24) is 15.1 Å². The third-order valence-corrected chi connectivity index (χ3v) is 4.01. The van der Waals surface area contributed by atoms with Gasteiger partial charge in [0.15, 0.2) is 11.3 Å². The Morgan fingerprint density at radius 3 is 2.82 bits per heavy atom. The zero-order valence-electron chi connectivity index (χ0n) is 11.6. The second kappa shape index (κ2) is 5.34. The van der Waals surface area contributed by atoms with Crippen LogP contribution in [0.2, 0.25) is 0 Å². The molecule has 0 radical (unpaired) electrons. The SMILES string of the molecule is C[C@H](Sc1nc2ccccc2o1)c1nc(-c2ccco2)no1. The van der Waals surface area contributed by atoms with Crippen LogP contribution in [-0.2, 0) is 0 Å². The van der Waals surface area contributed by atoms with Crippen LogP contribution >= 0.6 is 11.8 Å². The zero-order valence-corrected chi connectivity index (χ0v) is 12.4. The Labute approximate surface area is 129 Å². The van der Waals surface area contributed by atoms with Crippen molar-refractivity contribution in [2.45, 2.75) is 17.4 Å². The molecule has 0 unspecified atom stereocenters. The van der Waals surface area contributed by atoms with Gasteiger partial charge in [-0.2, -0.15) is 4.98 Å². The highest BCUT2D eigenvalue weighted by Gasteiger charge is 2.20. The molecule has 0 amide bonds. The molecule has 22 heavy (non-hydrogen) atoms. The van der Waals surface area contributed by atoms with Gasteiger partial charge < -0.3 is 13.4 Å². The molecule has 3 aromatic heterocycles. The van der Waals surface area contributed by atoms with Gasteiger partial charge in [0.2, 0.25) is 11.7 Å². The smallest absolute Gasteiger partial charge is 0.257 e. The summed E-state index contributed by atoms with van der Waals surface area (Å²) >= 11 is 1.43. The summed E-state index contributed by atoms with van der Waals surface area (Å²) < 4.78 is 16.2. The van der Waals surface area contributed by atoms with Crippen molar-refractivity contribution in [2.24, 2.45) is 0 Å². The number of hydrogen-bond acceptors (Lipinski definition) is 7. The molecule has 6 nitrogen and oxygen atoms in total. The highest BCUT2D eigenvalue weighted by molar-refractivity contribution is 7.99. The molecule has 1 aromatic carbocycles. The van der Waals surface area contributed by atoms with Crippen molar-refractivity contribution >= 4 is 22.9 Å². The van der Waals surface area contributed by atoms with Gasteiger partial charge in [-0.3, -0.25) is 0 Å². The van der Waals surface area contributed by atoms with Crippen LogP contribution in [0.1, 0.15) is 18.1 Å². The summed E-state index contributed by atoms with van der Waals surface area (Å²) in [6.07, 6.45) is 1.57. The van der Waals surface area contributed by atoms with E-state index in [1.807, 2.05) is 31.2 Å². The highest BCUT2D eigenvalue weighted by atomic mass is 32.2. The molecule has 0 bridgehead atoms. The maximum absolute atomic E-state index is 5.68. The van der Waals surface area contributed by atoms with E-state index in [0.29, 0.717) is 22.7 Å². The van der Waals surface area contributed by atoms with Crippen LogP contribution in [0.5, 0.6) is 0 Å². The molecule has 7 heteroatoms. The molecule has 3 heterocycles. The van der Waals surface area contributed by atoms with E-state index >= 15 is 0 Å². The highest BCUT2D eigenvalue weighted by Crippen LogP contribution is 2.35. The van der Waals surface area contributed by atoms with Gasteiger partial charge in [0.05, 0.1) is 11.5 Å². The van der Waals surface area contributed by atoms with E-state index < -0.39 is 0 Å². The Bertz CT molecular complexity index is 865. The van der Waals surface area contributed by atoms with Crippen molar-refractivity contribution < 1.29 is 13.4 Å². The van der Waals surface area contributed by atoms with E-state index in [9.17, 15) is 0 Å². The van der Waals surface area contributed by atoms with Crippen molar-refractivity contribution in [2.75, 3.05) is 0 Å². The maximum Gasteiger partial charge on any atom is 0.257 e. The minimum Gasteiger partial charge on any atom is -0.461 e. The Morgan fingerprint density at radius 1 is 1.09 bits per heavy atom. The molecular weight excluding hydrogens is 302 g/mol. The monoisotopic (exact) mass is 313 g/mol. The molecule has 110 valence electrons. The fourth-order valence-corrected chi connectivity index (χ4v) is 2.80. The van der Waals surface area contributed by atoms with E-state index in [4.69, 9.17) is 13.4 Å². The van der Waals surface area contributed by atoms with Gasteiger partial charge in [0.1, 0.15) is 5.52 Å². The lowest BCUT2D eigenvalue weighted by molar-refractivity contribution is 0.378. The summed E-state index contributed by atoms with van der Waals surface area (Å²) in [4.78, 5) is 8.76. The molecule has 1 atom stereocenters. The average molecular weight is 313 g/mol. The van der Waals surface area contributed by atoms with Gasteiger partial charge in [0.25, 0.3) is 5.22 Å². The Morgan fingerprint density at radius 2 is 2.00 bits per heavy atom. The number of para-hydroxylation sites is 2. The zero-order chi connectivity index (χ0) is 14.9. The lowest BCUT2D eigenvalue weighted by Crippen LogP contribution is -1.88. The number of aromatic nitrogens is 3. The quantitative estimate of drug-likeness (QED) is 0.519. The second-order valence-corrected chi connectivity index (χ2v) is 5.93. The van der Waals surface area contributed by atoms with Gasteiger partial charge in [-0.05, 0) is 31.2 Å². The maximum atomic E-state index is 5.68. The summed E-state index contributed by atoms with van der Waals surface area (Å²) in [5, 5.41) is 4.42. The molecule has 0 N–H and O–H groups in total. The van der Waals surface area contributed by atoms with E-state index in [0.717, 1.165) is 11.1 Å². The van der Waals surface area contributed by atoms with Crippen LogP contribution in [0, 0.1) is 0 Å². The van der Waals surface area contributed by atoms with Crippen LogP contribution < -0.4 is 0 Å². The number of nitrogens with zero attached hydrogens (tertiary/aromatic N) is 3. The largest absolute Gasteiger partial charge is 0.461 e. The fraction of sp³-hybridized carbons (Fsp3) is 0.133. The Hall–Kier alpha value is -2.54. The predicted octanol–water partition coefficient (Wildman–Crippen LogP) is 4.32. The third-order valence-electron chi connectivity index (χ3n) is 3.08. The minimum atomic E-state index is -0.0794. The molecule has 0 saturated heterocycles. The lowest BCUT2D eigenvalue weighted by Gasteiger charge is -2.00. The second-order valence-electron chi connectivity index (χ2n) is 4.64. The number of oxazole rings is 1. The van der Waals surface area contributed by atoms with Crippen molar-refractivity contribution in [1.29, 1.82) is 0 Å². The van der Waals surface area contributed by atoms with Gasteiger partial charge in [-0.15, -0.1) is 0 Å². The first-order valence-electron chi connectivity index (χ1n) is 6.69. The van der Waals surface area contributed by atoms with Crippen molar-refractivity contribution in [3.05, 3.63) is 48.6 Å². The molecule has 0 spiro atoms. The summed E-state index contributed by atoms with van der Waals surface area (Å²) in [5.41, 5.74) is 1.60. The lowest BCUT2D eigenvalue weighted by atomic mass is 10.3. The number of furan rings is 1. The average Bonchev–Trinajstić information content (AvgIpc) is 3.26. The molecule has 0 aliphatic heterocycles. The predicted molar refractivity (Wildman–Crippen MR) is 80.3 cm³/mol. The summed E-state index contributed by atoms with van der Waals surface area (Å²) in [6, 6.07) is 11.2. The molecule has 0 saturated carbocycles. The number of fused-ring (bicyclic) bond motifs is 1. The Kier molecular flexibility index (Phi) is 3.19.